The molecular weight excluding hydrogens is 350 g/mol. The van der Waals surface area contributed by atoms with Gasteiger partial charge in [0.05, 0.1) is 4.90 Å². The molecule has 6 nitrogen and oxygen atoms in total. The lowest BCUT2D eigenvalue weighted by Crippen LogP contribution is -2.31. The van der Waals surface area contributed by atoms with E-state index in [9.17, 15) is 13.2 Å². The van der Waals surface area contributed by atoms with Gasteiger partial charge in [0.25, 0.3) is 0 Å². The van der Waals surface area contributed by atoms with Crippen LogP contribution in [-0.4, -0.2) is 20.4 Å². The lowest BCUT2D eigenvalue weighted by Gasteiger charge is -2.16. The Morgan fingerprint density at radius 1 is 0.923 bits per heavy atom. The number of primary sulfonamides is 1. The molecule has 0 saturated carbocycles. The van der Waals surface area contributed by atoms with Gasteiger partial charge in [-0.15, -0.1) is 0 Å². The maximum atomic E-state index is 12.3. The summed E-state index contributed by atoms with van der Waals surface area (Å²) in [5.41, 5.74) is 1.34. The Balaban J connectivity index is 1.67. The highest BCUT2D eigenvalue weighted by Crippen LogP contribution is 2.20. The van der Waals surface area contributed by atoms with Crippen LogP contribution in [0.1, 0.15) is 6.92 Å². The molecule has 0 fully saturated rings. The van der Waals surface area contributed by atoms with Crippen molar-refractivity contribution in [2.24, 2.45) is 5.14 Å². The first-order chi connectivity index (χ1) is 12.3. The Kier molecular flexibility index (Phi) is 4.92. The number of nitrogens with one attached hydrogen (secondary N) is 2. The number of benzene rings is 3. The number of fused-ring (bicyclic) bond motifs is 1. The van der Waals surface area contributed by atoms with Gasteiger partial charge in [-0.3, -0.25) is 4.79 Å². The number of carbonyl (C=O) groups is 1. The molecule has 0 spiro atoms. The summed E-state index contributed by atoms with van der Waals surface area (Å²) < 4.78 is 22.5. The third-order valence-corrected chi connectivity index (χ3v) is 4.91. The number of hydrogen-bond donors (Lipinski definition) is 3. The molecule has 0 radical (unpaired) electrons. The highest BCUT2D eigenvalue weighted by molar-refractivity contribution is 7.89. The third kappa shape index (κ3) is 4.19. The quantitative estimate of drug-likeness (QED) is 0.643. The van der Waals surface area contributed by atoms with Crippen molar-refractivity contribution in [2.75, 3.05) is 10.6 Å². The van der Waals surface area contributed by atoms with E-state index in [-0.39, 0.29) is 10.8 Å². The fourth-order valence-corrected chi connectivity index (χ4v) is 3.09. The van der Waals surface area contributed by atoms with Crippen molar-refractivity contribution in [3.8, 4) is 0 Å². The zero-order valence-electron chi connectivity index (χ0n) is 14.1. The zero-order valence-corrected chi connectivity index (χ0v) is 15.0. The van der Waals surface area contributed by atoms with Crippen LogP contribution in [-0.2, 0) is 14.8 Å². The van der Waals surface area contributed by atoms with Crippen LogP contribution in [0.2, 0.25) is 0 Å². The molecule has 0 bridgehead atoms. The smallest absolute Gasteiger partial charge is 0.246 e. The van der Waals surface area contributed by atoms with Crippen molar-refractivity contribution in [2.45, 2.75) is 17.9 Å². The first-order valence-corrected chi connectivity index (χ1v) is 9.57. The van der Waals surface area contributed by atoms with Crippen molar-refractivity contribution in [1.82, 2.24) is 0 Å². The molecule has 4 N–H and O–H groups in total. The third-order valence-electron chi connectivity index (χ3n) is 3.98. The van der Waals surface area contributed by atoms with Gasteiger partial charge in [0.15, 0.2) is 0 Å². The van der Waals surface area contributed by atoms with Crippen LogP contribution in [0.4, 0.5) is 11.4 Å². The highest BCUT2D eigenvalue weighted by atomic mass is 32.2. The van der Waals surface area contributed by atoms with Crippen LogP contribution in [0.15, 0.2) is 71.6 Å². The molecule has 3 aromatic rings. The van der Waals surface area contributed by atoms with Crippen LogP contribution in [0.25, 0.3) is 10.8 Å². The molecule has 0 aromatic heterocycles. The summed E-state index contributed by atoms with van der Waals surface area (Å²) in [5, 5.41) is 13.2. The van der Waals surface area contributed by atoms with Crippen molar-refractivity contribution < 1.29 is 13.2 Å². The van der Waals surface area contributed by atoms with E-state index in [1.54, 1.807) is 6.92 Å². The zero-order chi connectivity index (χ0) is 18.7. The van der Waals surface area contributed by atoms with Crippen LogP contribution in [0.5, 0.6) is 0 Å². The summed E-state index contributed by atoms with van der Waals surface area (Å²) in [4.78, 5) is 12.3. The number of amides is 1. The topological polar surface area (TPSA) is 101 Å². The molecule has 7 heteroatoms. The van der Waals surface area contributed by atoms with Crippen LogP contribution in [0, 0.1) is 0 Å². The Morgan fingerprint density at radius 2 is 1.54 bits per heavy atom. The van der Waals surface area contributed by atoms with E-state index in [2.05, 4.69) is 10.6 Å². The number of rotatable bonds is 5. The predicted octanol–water partition coefficient (Wildman–Crippen LogP) is 2.93. The molecule has 0 unspecified atom stereocenters. The summed E-state index contributed by atoms with van der Waals surface area (Å²) in [6.07, 6.45) is 0. The average Bonchev–Trinajstić information content (AvgIpc) is 2.61. The maximum Gasteiger partial charge on any atom is 0.246 e. The normalized spacial score (nSPS) is 12.5. The van der Waals surface area contributed by atoms with E-state index >= 15 is 0 Å². The maximum absolute atomic E-state index is 12.3. The van der Waals surface area contributed by atoms with Crippen LogP contribution >= 0.6 is 0 Å². The summed E-state index contributed by atoms with van der Waals surface area (Å²) in [6, 6.07) is 19.1. The minimum atomic E-state index is -3.75. The average molecular weight is 369 g/mol. The first kappa shape index (κ1) is 17.9. The molecule has 0 aliphatic rings. The molecule has 1 atom stereocenters. The molecule has 3 aromatic carbocycles. The van der Waals surface area contributed by atoms with Crippen molar-refractivity contribution in [1.29, 1.82) is 0 Å². The fraction of sp³-hybridized carbons (Fsp3) is 0.105. The van der Waals surface area contributed by atoms with Crippen molar-refractivity contribution in [3.63, 3.8) is 0 Å². The summed E-state index contributed by atoms with van der Waals surface area (Å²) in [7, 11) is -3.75. The Hall–Kier alpha value is -2.90. The van der Waals surface area contributed by atoms with Crippen molar-refractivity contribution >= 4 is 38.1 Å². The van der Waals surface area contributed by atoms with E-state index in [1.165, 1.54) is 24.3 Å². The van der Waals surface area contributed by atoms with Gasteiger partial charge in [0.2, 0.25) is 15.9 Å². The van der Waals surface area contributed by atoms with Gasteiger partial charge < -0.3 is 10.6 Å². The van der Waals surface area contributed by atoms with E-state index in [0.29, 0.717) is 5.69 Å². The molecule has 3 rings (SSSR count). The second-order valence-electron chi connectivity index (χ2n) is 5.99. The highest BCUT2D eigenvalue weighted by Gasteiger charge is 2.14. The predicted molar refractivity (Wildman–Crippen MR) is 103 cm³/mol. The monoisotopic (exact) mass is 369 g/mol. The van der Waals surface area contributed by atoms with E-state index < -0.39 is 16.1 Å². The van der Waals surface area contributed by atoms with Gasteiger partial charge in [-0.25, -0.2) is 13.6 Å². The van der Waals surface area contributed by atoms with Gasteiger partial charge in [0.1, 0.15) is 6.04 Å². The van der Waals surface area contributed by atoms with Gasteiger partial charge in [-0.1, -0.05) is 30.3 Å². The fourth-order valence-electron chi connectivity index (χ4n) is 2.57. The first-order valence-electron chi connectivity index (χ1n) is 8.02. The number of carbonyl (C=O) groups excluding carboxylic acids is 1. The van der Waals surface area contributed by atoms with E-state index in [4.69, 9.17) is 5.14 Å². The lowest BCUT2D eigenvalue weighted by molar-refractivity contribution is -0.116. The number of anilines is 2. The molecule has 0 aliphatic heterocycles. The van der Waals surface area contributed by atoms with Gasteiger partial charge in [0, 0.05) is 11.4 Å². The molecule has 0 aliphatic carbocycles. The number of nitrogens with two attached hydrogens (primary N) is 1. The Bertz CT molecular complexity index is 1050. The summed E-state index contributed by atoms with van der Waals surface area (Å²) >= 11 is 0. The SMILES string of the molecule is C[C@H](Nc1ccc2ccccc2c1)C(=O)Nc1ccc(S(N)(=O)=O)cc1. The largest absolute Gasteiger partial charge is 0.374 e. The van der Waals surface area contributed by atoms with E-state index in [0.717, 1.165) is 16.5 Å². The van der Waals surface area contributed by atoms with E-state index in [1.807, 2.05) is 42.5 Å². The molecule has 134 valence electrons. The number of hydrogen-bond acceptors (Lipinski definition) is 4. The molecule has 0 heterocycles. The molecule has 0 saturated heterocycles. The second kappa shape index (κ2) is 7.15. The van der Waals surface area contributed by atoms with Gasteiger partial charge >= 0.3 is 0 Å². The minimum Gasteiger partial charge on any atom is -0.374 e. The molecular formula is C19H19N3O3S. The van der Waals surface area contributed by atoms with Gasteiger partial charge in [-0.2, -0.15) is 0 Å². The van der Waals surface area contributed by atoms with Crippen molar-refractivity contribution in [3.05, 3.63) is 66.7 Å². The molecule has 1 amide bonds. The second-order valence-corrected chi connectivity index (χ2v) is 7.55. The number of sulfonamides is 1. The van der Waals surface area contributed by atoms with Crippen LogP contribution in [0.3, 0.4) is 0 Å². The molecule has 26 heavy (non-hydrogen) atoms. The van der Waals surface area contributed by atoms with Crippen LogP contribution < -0.4 is 15.8 Å². The standard InChI is InChI=1S/C19H19N3O3S/c1-13(21-17-7-6-14-4-2-3-5-15(14)12-17)19(23)22-16-8-10-18(11-9-16)26(20,24)25/h2-13,21H,1H3,(H,22,23)(H2,20,24,25)/t13-/m0/s1. The van der Waals surface area contributed by atoms with Gasteiger partial charge in [-0.05, 0) is 54.1 Å². The Morgan fingerprint density at radius 3 is 2.19 bits per heavy atom. The Labute approximate surface area is 152 Å². The summed E-state index contributed by atoms with van der Waals surface area (Å²) in [6.45, 7) is 1.75. The minimum absolute atomic E-state index is 0.00200. The lowest BCUT2D eigenvalue weighted by atomic mass is 10.1. The summed E-state index contributed by atoms with van der Waals surface area (Å²) in [5.74, 6) is -0.235.